The molecule has 1 heterocycles. The Morgan fingerprint density at radius 3 is 2.45 bits per heavy atom. The number of ether oxygens (including phenoxy) is 1. The normalized spacial score (nSPS) is 10.4. The SMILES string of the molecule is CCOC(=O)c1nn(-c2ccccc2)c(=O)cc1NC(=O)Cc1ccc(Cl)cc1. The quantitative estimate of drug-likeness (QED) is 0.629. The van der Waals surface area contributed by atoms with Gasteiger partial charge in [0.1, 0.15) is 0 Å². The number of anilines is 1. The van der Waals surface area contributed by atoms with Gasteiger partial charge < -0.3 is 10.1 Å². The van der Waals surface area contributed by atoms with E-state index in [0.29, 0.717) is 10.7 Å². The number of carbonyl (C=O) groups excluding carboxylic acids is 2. The Morgan fingerprint density at radius 1 is 1.10 bits per heavy atom. The summed E-state index contributed by atoms with van der Waals surface area (Å²) in [6.07, 6.45) is 0.0429. The van der Waals surface area contributed by atoms with E-state index in [2.05, 4.69) is 10.4 Å². The van der Waals surface area contributed by atoms with E-state index in [0.717, 1.165) is 16.3 Å². The molecular formula is C21H18ClN3O4. The Hall–Kier alpha value is -3.45. The van der Waals surface area contributed by atoms with E-state index in [1.165, 1.54) is 0 Å². The van der Waals surface area contributed by atoms with E-state index in [-0.39, 0.29) is 24.4 Å². The van der Waals surface area contributed by atoms with Crippen LogP contribution in [-0.4, -0.2) is 28.3 Å². The van der Waals surface area contributed by atoms with Crippen molar-refractivity contribution >= 4 is 29.2 Å². The summed E-state index contributed by atoms with van der Waals surface area (Å²) in [6.45, 7) is 1.78. The molecule has 0 saturated carbocycles. The van der Waals surface area contributed by atoms with Crippen LogP contribution in [0.1, 0.15) is 23.0 Å². The predicted octanol–water partition coefficient (Wildman–Crippen LogP) is 3.24. The molecule has 0 aliphatic rings. The number of para-hydroxylation sites is 1. The minimum atomic E-state index is -0.737. The third-order valence-electron chi connectivity index (χ3n) is 3.95. The van der Waals surface area contributed by atoms with Crippen molar-refractivity contribution in [3.63, 3.8) is 0 Å². The number of aromatic nitrogens is 2. The largest absolute Gasteiger partial charge is 0.461 e. The average molecular weight is 412 g/mol. The third kappa shape index (κ3) is 5.08. The van der Waals surface area contributed by atoms with Gasteiger partial charge >= 0.3 is 5.97 Å². The fourth-order valence-corrected chi connectivity index (χ4v) is 2.76. The van der Waals surface area contributed by atoms with Crippen LogP contribution in [-0.2, 0) is 16.0 Å². The first-order valence-corrected chi connectivity index (χ1v) is 9.27. The van der Waals surface area contributed by atoms with Crippen molar-refractivity contribution in [1.82, 2.24) is 9.78 Å². The van der Waals surface area contributed by atoms with Crippen LogP contribution in [0.2, 0.25) is 5.02 Å². The van der Waals surface area contributed by atoms with Crippen LogP contribution in [0.4, 0.5) is 5.69 Å². The van der Waals surface area contributed by atoms with E-state index >= 15 is 0 Å². The fourth-order valence-electron chi connectivity index (χ4n) is 2.64. The maximum Gasteiger partial charge on any atom is 0.360 e. The molecule has 0 aliphatic carbocycles. The fraction of sp³-hybridized carbons (Fsp3) is 0.143. The zero-order chi connectivity index (χ0) is 20.8. The zero-order valence-electron chi connectivity index (χ0n) is 15.6. The summed E-state index contributed by atoms with van der Waals surface area (Å²) < 4.78 is 6.11. The molecule has 0 fully saturated rings. The lowest BCUT2D eigenvalue weighted by Crippen LogP contribution is -2.27. The number of nitrogens with one attached hydrogen (secondary N) is 1. The van der Waals surface area contributed by atoms with Gasteiger partial charge in [0.2, 0.25) is 5.91 Å². The summed E-state index contributed by atoms with van der Waals surface area (Å²) in [5, 5.41) is 7.28. The minimum Gasteiger partial charge on any atom is -0.461 e. The van der Waals surface area contributed by atoms with Gasteiger partial charge in [-0.15, -0.1) is 0 Å². The van der Waals surface area contributed by atoms with Gasteiger partial charge in [-0.3, -0.25) is 9.59 Å². The molecule has 7 nitrogen and oxygen atoms in total. The monoisotopic (exact) mass is 411 g/mol. The van der Waals surface area contributed by atoms with Gasteiger partial charge in [0.05, 0.1) is 24.4 Å². The van der Waals surface area contributed by atoms with Crippen molar-refractivity contribution in [2.45, 2.75) is 13.3 Å². The van der Waals surface area contributed by atoms with Crippen molar-refractivity contribution < 1.29 is 14.3 Å². The first-order valence-electron chi connectivity index (χ1n) is 8.89. The lowest BCUT2D eigenvalue weighted by Gasteiger charge is -2.12. The molecule has 8 heteroatoms. The van der Waals surface area contributed by atoms with Gasteiger partial charge in [-0.05, 0) is 36.8 Å². The summed E-state index contributed by atoms with van der Waals surface area (Å²) in [7, 11) is 0. The summed E-state index contributed by atoms with van der Waals surface area (Å²) in [5.74, 6) is -1.14. The Labute approximate surface area is 171 Å². The van der Waals surface area contributed by atoms with Gasteiger partial charge in [-0.1, -0.05) is 41.9 Å². The molecule has 0 spiro atoms. The van der Waals surface area contributed by atoms with Gasteiger partial charge in [-0.2, -0.15) is 9.78 Å². The molecule has 3 rings (SSSR count). The Bertz CT molecular complexity index is 1080. The van der Waals surface area contributed by atoms with E-state index in [4.69, 9.17) is 16.3 Å². The number of hydrogen-bond donors (Lipinski definition) is 1. The van der Waals surface area contributed by atoms with E-state index in [9.17, 15) is 14.4 Å². The lowest BCUT2D eigenvalue weighted by molar-refractivity contribution is -0.115. The zero-order valence-corrected chi connectivity index (χ0v) is 16.3. The second-order valence-corrected chi connectivity index (χ2v) is 6.50. The molecule has 0 bridgehead atoms. The van der Waals surface area contributed by atoms with Crippen molar-refractivity contribution in [2.75, 3.05) is 11.9 Å². The highest BCUT2D eigenvalue weighted by molar-refractivity contribution is 6.30. The maximum atomic E-state index is 12.5. The van der Waals surface area contributed by atoms with Gasteiger partial charge in [0.15, 0.2) is 5.69 Å². The molecule has 1 amide bonds. The van der Waals surface area contributed by atoms with Crippen LogP contribution < -0.4 is 10.9 Å². The van der Waals surface area contributed by atoms with Crippen LogP contribution in [0.3, 0.4) is 0 Å². The van der Waals surface area contributed by atoms with E-state index < -0.39 is 17.4 Å². The van der Waals surface area contributed by atoms with E-state index in [1.807, 2.05) is 0 Å². The topological polar surface area (TPSA) is 90.3 Å². The molecule has 29 heavy (non-hydrogen) atoms. The molecule has 0 saturated heterocycles. The van der Waals surface area contributed by atoms with Crippen molar-refractivity contribution in [1.29, 1.82) is 0 Å². The summed E-state index contributed by atoms with van der Waals surface area (Å²) in [5.41, 5.74) is 0.572. The Morgan fingerprint density at radius 2 is 1.79 bits per heavy atom. The molecule has 0 aliphatic heterocycles. The molecule has 0 atom stereocenters. The van der Waals surface area contributed by atoms with E-state index in [1.54, 1.807) is 61.5 Å². The summed E-state index contributed by atoms with van der Waals surface area (Å²) in [4.78, 5) is 37.3. The second kappa shape index (κ2) is 9.16. The van der Waals surface area contributed by atoms with Crippen molar-refractivity contribution in [3.05, 3.63) is 87.3 Å². The van der Waals surface area contributed by atoms with Crippen LogP contribution in [0.15, 0.2) is 65.5 Å². The third-order valence-corrected chi connectivity index (χ3v) is 4.21. The lowest BCUT2D eigenvalue weighted by atomic mass is 10.1. The molecule has 3 aromatic rings. The predicted molar refractivity (Wildman–Crippen MR) is 110 cm³/mol. The number of amides is 1. The molecule has 1 N–H and O–H groups in total. The number of benzene rings is 2. The van der Waals surface area contributed by atoms with Gasteiger partial charge in [0, 0.05) is 11.1 Å². The second-order valence-electron chi connectivity index (χ2n) is 6.06. The van der Waals surface area contributed by atoms with Gasteiger partial charge in [0.25, 0.3) is 5.56 Å². The molecule has 1 aromatic heterocycles. The molecule has 0 unspecified atom stereocenters. The highest BCUT2D eigenvalue weighted by Crippen LogP contribution is 2.15. The smallest absolute Gasteiger partial charge is 0.360 e. The number of carbonyl (C=O) groups is 2. The Balaban J connectivity index is 1.93. The first-order chi connectivity index (χ1) is 14.0. The van der Waals surface area contributed by atoms with Crippen molar-refractivity contribution in [2.24, 2.45) is 0 Å². The van der Waals surface area contributed by atoms with Crippen LogP contribution in [0, 0.1) is 0 Å². The number of nitrogens with zero attached hydrogens (tertiary/aromatic N) is 2. The number of esters is 1. The maximum absolute atomic E-state index is 12.5. The Kier molecular flexibility index (Phi) is 6.41. The van der Waals surface area contributed by atoms with Crippen LogP contribution in [0.5, 0.6) is 0 Å². The molecular weight excluding hydrogens is 394 g/mol. The van der Waals surface area contributed by atoms with Crippen molar-refractivity contribution in [3.8, 4) is 5.69 Å². The van der Waals surface area contributed by atoms with Gasteiger partial charge in [-0.25, -0.2) is 4.79 Å². The summed E-state index contributed by atoms with van der Waals surface area (Å²) >= 11 is 5.85. The number of halogens is 1. The number of rotatable bonds is 6. The minimum absolute atomic E-state index is 0.000375. The molecule has 2 aromatic carbocycles. The van der Waals surface area contributed by atoms with Crippen LogP contribution >= 0.6 is 11.6 Å². The molecule has 0 radical (unpaired) electrons. The average Bonchev–Trinajstić information content (AvgIpc) is 2.70. The first kappa shape index (κ1) is 20.3. The molecule has 148 valence electrons. The van der Waals surface area contributed by atoms with Crippen LogP contribution in [0.25, 0.3) is 5.69 Å². The standard InChI is InChI=1S/C21H18ClN3O4/c1-2-29-21(28)20-17(23-18(26)12-14-8-10-15(22)11-9-14)13-19(27)25(24-20)16-6-4-3-5-7-16/h3-11,13H,2,12H2,1H3,(H,23,26). The highest BCUT2D eigenvalue weighted by atomic mass is 35.5. The highest BCUT2D eigenvalue weighted by Gasteiger charge is 2.20. The summed E-state index contributed by atoms with van der Waals surface area (Å²) in [6, 6.07) is 16.6. The number of hydrogen-bond acceptors (Lipinski definition) is 5.